The average molecular weight is 277 g/mol. The Morgan fingerprint density at radius 3 is 2.78 bits per heavy atom. The smallest absolute Gasteiger partial charge is 0.224 e. The number of nitrogens with zero attached hydrogens (tertiary/aromatic N) is 2. The molecule has 0 aliphatic carbocycles. The molecule has 0 fully saturated rings. The Labute approximate surface area is 105 Å². The molecule has 9 heteroatoms. The van der Waals surface area contributed by atoms with E-state index in [-0.39, 0.29) is 24.1 Å². The lowest BCUT2D eigenvalue weighted by Gasteiger charge is -2.08. The monoisotopic (exact) mass is 277 g/mol. The fraction of sp³-hybridized carbons (Fsp3) is 0.556. The molecule has 0 unspecified atom stereocenters. The third-order valence-corrected chi connectivity index (χ3v) is 3.47. The molecular formula is C9H16FN5O2S. The SMILES string of the molecule is CCNS(=O)(=O)CCNc1nc(NC)ncc1F. The summed E-state index contributed by atoms with van der Waals surface area (Å²) < 4.78 is 38.3. The van der Waals surface area contributed by atoms with Gasteiger partial charge in [0.2, 0.25) is 16.0 Å². The van der Waals surface area contributed by atoms with E-state index in [0.717, 1.165) is 6.20 Å². The van der Waals surface area contributed by atoms with Crippen LogP contribution in [-0.4, -0.2) is 44.3 Å². The van der Waals surface area contributed by atoms with Gasteiger partial charge in [-0.2, -0.15) is 4.98 Å². The van der Waals surface area contributed by atoms with Crippen molar-refractivity contribution in [3.05, 3.63) is 12.0 Å². The van der Waals surface area contributed by atoms with Gasteiger partial charge in [-0.3, -0.25) is 0 Å². The van der Waals surface area contributed by atoms with E-state index < -0.39 is 15.8 Å². The summed E-state index contributed by atoms with van der Waals surface area (Å²) in [6.07, 6.45) is 1.01. The van der Waals surface area contributed by atoms with E-state index in [2.05, 4.69) is 25.3 Å². The predicted octanol–water partition coefficient (Wildman–Crippen LogP) is 0.00860. The highest BCUT2D eigenvalue weighted by molar-refractivity contribution is 7.89. The van der Waals surface area contributed by atoms with Crippen LogP contribution in [0.5, 0.6) is 0 Å². The van der Waals surface area contributed by atoms with Crippen molar-refractivity contribution in [3.63, 3.8) is 0 Å². The number of aromatic nitrogens is 2. The highest BCUT2D eigenvalue weighted by Gasteiger charge is 2.10. The van der Waals surface area contributed by atoms with E-state index in [1.165, 1.54) is 0 Å². The van der Waals surface area contributed by atoms with Crippen LogP contribution in [0.3, 0.4) is 0 Å². The topological polar surface area (TPSA) is 96.0 Å². The third kappa shape index (κ3) is 4.41. The van der Waals surface area contributed by atoms with Crippen molar-refractivity contribution in [2.24, 2.45) is 0 Å². The zero-order valence-electron chi connectivity index (χ0n) is 10.2. The van der Waals surface area contributed by atoms with E-state index in [1.807, 2.05) is 0 Å². The number of halogens is 1. The summed E-state index contributed by atoms with van der Waals surface area (Å²) in [4.78, 5) is 7.51. The molecule has 0 aromatic carbocycles. The van der Waals surface area contributed by atoms with Crippen molar-refractivity contribution in [1.82, 2.24) is 14.7 Å². The van der Waals surface area contributed by atoms with Crippen molar-refractivity contribution in [1.29, 1.82) is 0 Å². The van der Waals surface area contributed by atoms with Crippen LogP contribution in [0.1, 0.15) is 6.92 Å². The second-order valence-electron chi connectivity index (χ2n) is 3.38. The Morgan fingerprint density at radius 2 is 2.17 bits per heavy atom. The number of hydrogen-bond acceptors (Lipinski definition) is 6. The van der Waals surface area contributed by atoms with Gasteiger partial charge < -0.3 is 10.6 Å². The quantitative estimate of drug-likeness (QED) is 0.649. The molecule has 0 radical (unpaired) electrons. The van der Waals surface area contributed by atoms with Gasteiger partial charge in [0.15, 0.2) is 11.6 Å². The van der Waals surface area contributed by atoms with Gasteiger partial charge in [-0.15, -0.1) is 0 Å². The zero-order valence-corrected chi connectivity index (χ0v) is 11.0. The van der Waals surface area contributed by atoms with Gasteiger partial charge in [0.1, 0.15) is 0 Å². The molecule has 1 aromatic heterocycles. The van der Waals surface area contributed by atoms with E-state index in [0.29, 0.717) is 6.54 Å². The lowest BCUT2D eigenvalue weighted by Crippen LogP contribution is -2.29. The normalized spacial score (nSPS) is 11.3. The molecule has 18 heavy (non-hydrogen) atoms. The van der Waals surface area contributed by atoms with Crippen LogP contribution in [0, 0.1) is 5.82 Å². The van der Waals surface area contributed by atoms with Gasteiger partial charge in [-0.25, -0.2) is 22.5 Å². The van der Waals surface area contributed by atoms with Gasteiger partial charge in [0.05, 0.1) is 11.9 Å². The lowest BCUT2D eigenvalue weighted by atomic mass is 10.5. The van der Waals surface area contributed by atoms with Crippen LogP contribution >= 0.6 is 0 Å². The summed E-state index contributed by atoms with van der Waals surface area (Å²) in [7, 11) is -1.72. The minimum absolute atomic E-state index is 0.0268. The van der Waals surface area contributed by atoms with Crippen molar-refractivity contribution in [2.75, 3.05) is 36.5 Å². The number of anilines is 2. The summed E-state index contributed by atoms with van der Waals surface area (Å²) in [5.74, 6) is -0.552. The number of sulfonamides is 1. The lowest BCUT2D eigenvalue weighted by molar-refractivity contribution is 0.583. The van der Waals surface area contributed by atoms with E-state index in [9.17, 15) is 12.8 Å². The molecule has 1 heterocycles. The molecule has 3 N–H and O–H groups in total. The fourth-order valence-electron chi connectivity index (χ4n) is 1.21. The maximum Gasteiger partial charge on any atom is 0.224 e. The zero-order chi connectivity index (χ0) is 13.6. The molecule has 0 spiro atoms. The molecule has 0 bridgehead atoms. The minimum atomic E-state index is -3.32. The molecule has 102 valence electrons. The van der Waals surface area contributed by atoms with Crippen LogP contribution in [0.4, 0.5) is 16.2 Å². The van der Waals surface area contributed by atoms with Crippen molar-refractivity contribution in [2.45, 2.75) is 6.92 Å². The number of hydrogen-bond donors (Lipinski definition) is 3. The van der Waals surface area contributed by atoms with Crippen LogP contribution in [0.25, 0.3) is 0 Å². The van der Waals surface area contributed by atoms with Crippen molar-refractivity contribution >= 4 is 21.8 Å². The molecule has 0 atom stereocenters. The van der Waals surface area contributed by atoms with Gasteiger partial charge in [0.25, 0.3) is 0 Å². The van der Waals surface area contributed by atoms with E-state index in [4.69, 9.17) is 0 Å². The predicted molar refractivity (Wildman–Crippen MR) is 67.5 cm³/mol. The average Bonchev–Trinajstić information content (AvgIpc) is 2.31. The standard InChI is InChI=1S/C9H16FN5O2S/c1-3-14-18(16,17)5-4-12-8-7(10)6-13-9(11-2)15-8/h6,14H,3-5H2,1-2H3,(H2,11,12,13,15). The Bertz CT molecular complexity index is 494. The van der Waals surface area contributed by atoms with Crippen molar-refractivity contribution < 1.29 is 12.8 Å². The van der Waals surface area contributed by atoms with Gasteiger partial charge in [-0.05, 0) is 0 Å². The van der Waals surface area contributed by atoms with Gasteiger partial charge >= 0.3 is 0 Å². The Kier molecular flexibility index (Phi) is 5.23. The van der Waals surface area contributed by atoms with Crippen LogP contribution < -0.4 is 15.4 Å². The van der Waals surface area contributed by atoms with Gasteiger partial charge in [0, 0.05) is 20.1 Å². The van der Waals surface area contributed by atoms with Crippen LogP contribution in [-0.2, 0) is 10.0 Å². The van der Waals surface area contributed by atoms with Gasteiger partial charge in [-0.1, -0.05) is 6.92 Å². The number of rotatable bonds is 7. The van der Waals surface area contributed by atoms with E-state index >= 15 is 0 Å². The fourth-order valence-corrected chi connectivity index (χ4v) is 2.16. The number of nitrogens with one attached hydrogen (secondary N) is 3. The Morgan fingerprint density at radius 1 is 1.44 bits per heavy atom. The maximum absolute atomic E-state index is 13.3. The molecule has 1 aromatic rings. The first-order chi connectivity index (χ1) is 8.48. The maximum atomic E-state index is 13.3. The summed E-state index contributed by atoms with van der Waals surface area (Å²) in [5, 5.41) is 5.28. The Balaban J connectivity index is 2.58. The minimum Gasteiger partial charge on any atom is -0.366 e. The first kappa shape index (κ1) is 14.6. The summed E-state index contributed by atoms with van der Waals surface area (Å²) in [5.41, 5.74) is 0. The molecule has 1 rings (SSSR count). The Hall–Kier alpha value is -1.48. The molecule has 0 amide bonds. The molecule has 0 aliphatic rings. The second-order valence-corrected chi connectivity index (χ2v) is 5.31. The van der Waals surface area contributed by atoms with Crippen LogP contribution in [0.15, 0.2) is 6.20 Å². The molecule has 0 aliphatic heterocycles. The first-order valence-electron chi connectivity index (χ1n) is 5.40. The second kappa shape index (κ2) is 6.45. The van der Waals surface area contributed by atoms with Crippen LogP contribution in [0.2, 0.25) is 0 Å². The van der Waals surface area contributed by atoms with Crippen molar-refractivity contribution in [3.8, 4) is 0 Å². The summed E-state index contributed by atoms with van der Waals surface area (Å²) in [6, 6.07) is 0. The summed E-state index contributed by atoms with van der Waals surface area (Å²) in [6.45, 7) is 2.08. The first-order valence-corrected chi connectivity index (χ1v) is 7.05. The third-order valence-electron chi connectivity index (χ3n) is 2.00. The largest absolute Gasteiger partial charge is 0.366 e. The molecule has 0 saturated carbocycles. The highest BCUT2D eigenvalue weighted by atomic mass is 32.2. The van der Waals surface area contributed by atoms with E-state index in [1.54, 1.807) is 14.0 Å². The highest BCUT2D eigenvalue weighted by Crippen LogP contribution is 2.10. The molecule has 7 nitrogen and oxygen atoms in total. The molecule has 0 saturated heterocycles. The summed E-state index contributed by atoms with van der Waals surface area (Å²) >= 11 is 0. The molecular weight excluding hydrogens is 261 g/mol.